The van der Waals surface area contributed by atoms with Crippen LogP contribution in [-0.4, -0.2) is 40.1 Å². The van der Waals surface area contributed by atoms with Gasteiger partial charge in [-0.15, -0.1) is 11.3 Å². The van der Waals surface area contributed by atoms with Crippen LogP contribution in [0.25, 0.3) is 0 Å². The first-order chi connectivity index (χ1) is 8.15. The number of carbonyl (C=O) groups excluding carboxylic acids is 1. The Bertz CT molecular complexity index is 426. The van der Waals surface area contributed by atoms with Crippen LogP contribution in [0.3, 0.4) is 0 Å². The molecule has 0 atom stereocenters. The SMILES string of the molecule is O=C(O)Cc1csc(NC(=O)N2CCCC2)n1. The van der Waals surface area contributed by atoms with Crippen molar-refractivity contribution in [2.45, 2.75) is 19.3 Å². The van der Waals surface area contributed by atoms with E-state index in [2.05, 4.69) is 10.3 Å². The lowest BCUT2D eigenvalue weighted by Crippen LogP contribution is -2.32. The number of aliphatic carboxylic acids is 1. The standard InChI is InChI=1S/C10H13N3O3S/c14-8(15)5-7-6-17-9(11-7)12-10(16)13-3-1-2-4-13/h6H,1-5H2,(H,14,15)(H,11,12,16). The zero-order valence-electron chi connectivity index (χ0n) is 9.18. The van der Waals surface area contributed by atoms with Crippen molar-refractivity contribution in [3.63, 3.8) is 0 Å². The number of carboxylic acids is 1. The molecule has 1 fully saturated rings. The summed E-state index contributed by atoms with van der Waals surface area (Å²) in [6, 6.07) is -0.154. The number of nitrogens with one attached hydrogen (secondary N) is 1. The number of hydrogen-bond donors (Lipinski definition) is 2. The Morgan fingerprint density at radius 1 is 1.47 bits per heavy atom. The Labute approximate surface area is 102 Å². The predicted octanol–water partition coefficient (Wildman–Crippen LogP) is 1.40. The Kier molecular flexibility index (Phi) is 3.58. The molecule has 1 saturated heterocycles. The number of likely N-dealkylation sites (tertiary alicyclic amines) is 1. The van der Waals surface area contributed by atoms with Gasteiger partial charge in [0.2, 0.25) is 0 Å². The first kappa shape index (κ1) is 11.8. The highest BCUT2D eigenvalue weighted by Gasteiger charge is 2.18. The van der Waals surface area contributed by atoms with E-state index in [1.807, 2.05) is 0 Å². The lowest BCUT2D eigenvalue weighted by molar-refractivity contribution is -0.136. The minimum atomic E-state index is -0.923. The van der Waals surface area contributed by atoms with Crippen molar-refractivity contribution in [3.8, 4) is 0 Å². The maximum Gasteiger partial charge on any atom is 0.323 e. The maximum atomic E-state index is 11.7. The molecule has 2 amide bonds. The summed E-state index contributed by atoms with van der Waals surface area (Å²) in [5, 5.41) is 13.4. The summed E-state index contributed by atoms with van der Waals surface area (Å²) in [5.74, 6) is -0.923. The smallest absolute Gasteiger partial charge is 0.323 e. The zero-order chi connectivity index (χ0) is 12.3. The first-order valence-corrected chi connectivity index (χ1v) is 6.25. The van der Waals surface area contributed by atoms with E-state index in [0.29, 0.717) is 10.8 Å². The van der Waals surface area contributed by atoms with Gasteiger partial charge in [-0.25, -0.2) is 9.78 Å². The molecule has 0 aromatic carbocycles. The molecular formula is C10H13N3O3S. The van der Waals surface area contributed by atoms with Crippen LogP contribution in [0, 0.1) is 0 Å². The third-order valence-electron chi connectivity index (χ3n) is 2.49. The summed E-state index contributed by atoms with van der Waals surface area (Å²) < 4.78 is 0. The van der Waals surface area contributed by atoms with Gasteiger partial charge in [-0.05, 0) is 12.8 Å². The van der Waals surface area contributed by atoms with Crippen LogP contribution < -0.4 is 5.32 Å². The van der Waals surface area contributed by atoms with Gasteiger partial charge >= 0.3 is 12.0 Å². The van der Waals surface area contributed by atoms with Crippen LogP contribution in [0.5, 0.6) is 0 Å². The number of rotatable bonds is 3. The molecule has 7 heteroatoms. The number of urea groups is 1. The van der Waals surface area contributed by atoms with Gasteiger partial charge in [0.25, 0.3) is 0 Å². The summed E-state index contributed by atoms with van der Waals surface area (Å²) >= 11 is 1.25. The molecule has 2 rings (SSSR count). The third-order valence-corrected chi connectivity index (χ3v) is 3.30. The van der Waals surface area contributed by atoms with Crippen LogP contribution in [0.1, 0.15) is 18.5 Å². The highest BCUT2D eigenvalue weighted by molar-refractivity contribution is 7.13. The van der Waals surface area contributed by atoms with Crippen molar-refractivity contribution in [2.24, 2.45) is 0 Å². The topological polar surface area (TPSA) is 82.5 Å². The average molecular weight is 255 g/mol. The molecule has 0 spiro atoms. The number of aromatic nitrogens is 1. The van der Waals surface area contributed by atoms with Gasteiger partial charge in [-0.1, -0.05) is 0 Å². The number of carboxylic acid groups (broad SMARTS) is 1. The van der Waals surface area contributed by atoms with E-state index in [-0.39, 0.29) is 12.5 Å². The minimum Gasteiger partial charge on any atom is -0.481 e. The molecule has 1 aliphatic rings. The number of carbonyl (C=O) groups is 2. The Morgan fingerprint density at radius 2 is 2.18 bits per heavy atom. The van der Waals surface area contributed by atoms with Gasteiger partial charge in [-0.3, -0.25) is 10.1 Å². The largest absolute Gasteiger partial charge is 0.481 e. The van der Waals surface area contributed by atoms with Crippen LogP contribution >= 0.6 is 11.3 Å². The van der Waals surface area contributed by atoms with E-state index in [1.54, 1.807) is 10.3 Å². The van der Waals surface area contributed by atoms with E-state index < -0.39 is 5.97 Å². The minimum absolute atomic E-state index is 0.115. The summed E-state index contributed by atoms with van der Waals surface area (Å²) in [7, 11) is 0. The highest BCUT2D eigenvalue weighted by Crippen LogP contribution is 2.17. The summed E-state index contributed by atoms with van der Waals surface area (Å²) in [6.45, 7) is 1.55. The van der Waals surface area contributed by atoms with Crippen LogP contribution in [-0.2, 0) is 11.2 Å². The predicted molar refractivity (Wildman–Crippen MR) is 63.3 cm³/mol. The number of anilines is 1. The summed E-state index contributed by atoms with van der Waals surface area (Å²) in [4.78, 5) is 28.0. The Balaban J connectivity index is 1.91. The fraction of sp³-hybridized carbons (Fsp3) is 0.500. The molecule has 0 radical (unpaired) electrons. The molecular weight excluding hydrogens is 242 g/mol. The summed E-state index contributed by atoms with van der Waals surface area (Å²) in [6.07, 6.45) is 1.96. The Hall–Kier alpha value is -1.63. The fourth-order valence-corrected chi connectivity index (χ4v) is 2.39. The van der Waals surface area contributed by atoms with Gasteiger partial charge in [-0.2, -0.15) is 0 Å². The number of amides is 2. The van der Waals surface area contributed by atoms with Crippen molar-refractivity contribution in [2.75, 3.05) is 18.4 Å². The van der Waals surface area contributed by atoms with Gasteiger partial charge < -0.3 is 10.0 Å². The third kappa shape index (κ3) is 3.16. The molecule has 2 N–H and O–H groups in total. The average Bonchev–Trinajstić information content (AvgIpc) is 2.87. The normalized spacial score (nSPS) is 14.9. The molecule has 0 bridgehead atoms. The second-order valence-corrected chi connectivity index (χ2v) is 4.70. The van der Waals surface area contributed by atoms with E-state index >= 15 is 0 Å². The van der Waals surface area contributed by atoms with Crippen LogP contribution in [0.15, 0.2) is 5.38 Å². The van der Waals surface area contributed by atoms with E-state index in [0.717, 1.165) is 25.9 Å². The quantitative estimate of drug-likeness (QED) is 0.855. The number of nitrogens with zero attached hydrogens (tertiary/aromatic N) is 2. The van der Waals surface area contributed by atoms with Gasteiger partial charge in [0.1, 0.15) is 0 Å². The van der Waals surface area contributed by atoms with Crippen molar-refractivity contribution in [1.29, 1.82) is 0 Å². The lowest BCUT2D eigenvalue weighted by atomic mass is 10.3. The molecule has 17 heavy (non-hydrogen) atoms. The van der Waals surface area contributed by atoms with E-state index in [1.165, 1.54) is 11.3 Å². The zero-order valence-corrected chi connectivity index (χ0v) is 10.00. The van der Waals surface area contributed by atoms with Crippen molar-refractivity contribution >= 4 is 28.5 Å². The van der Waals surface area contributed by atoms with Crippen LogP contribution in [0.4, 0.5) is 9.93 Å². The van der Waals surface area contributed by atoms with Crippen molar-refractivity contribution in [3.05, 3.63) is 11.1 Å². The van der Waals surface area contributed by atoms with Crippen molar-refractivity contribution in [1.82, 2.24) is 9.88 Å². The van der Waals surface area contributed by atoms with Gasteiger partial charge in [0.15, 0.2) is 5.13 Å². The molecule has 92 valence electrons. The first-order valence-electron chi connectivity index (χ1n) is 5.37. The van der Waals surface area contributed by atoms with Crippen LogP contribution in [0.2, 0.25) is 0 Å². The Morgan fingerprint density at radius 3 is 2.82 bits per heavy atom. The lowest BCUT2D eigenvalue weighted by Gasteiger charge is -2.14. The molecule has 2 heterocycles. The summed E-state index contributed by atoms with van der Waals surface area (Å²) in [5.41, 5.74) is 0.472. The van der Waals surface area contributed by atoms with Crippen molar-refractivity contribution < 1.29 is 14.7 Å². The highest BCUT2D eigenvalue weighted by atomic mass is 32.1. The van der Waals surface area contributed by atoms with Gasteiger partial charge in [0, 0.05) is 18.5 Å². The monoisotopic (exact) mass is 255 g/mol. The van der Waals surface area contributed by atoms with E-state index in [4.69, 9.17) is 5.11 Å². The molecule has 0 saturated carbocycles. The second-order valence-electron chi connectivity index (χ2n) is 3.84. The molecule has 0 aliphatic carbocycles. The second kappa shape index (κ2) is 5.13. The molecule has 0 unspecified atom stereocenters. The van der Waals surface area contributed by atoms with E-state index in [9.17, 15) is 9.59 Å². The maximum absolute atomic E-state index is 11.7. The molecule has 1 aromatic heterocycles. The molecule has 6 nitrogen and oxygen atoms in total. The molecule has 1 aliphatic heterocycles. The molecule has 1 aromatic rings. The van der Waals surface area contributed by atoms with Gasteiger partial charge in [0.05, 0.1) is 12.1 Å². The number of hydrogen-bond acceptors (Lipinski definition) is 4. The number of thiazole rings is 1. The fourth-order valence-electron chi connectivity index (χ4n) is 1.69.